The van der Waals surface area contributed by atoms with Gasteiger partial charge in [-0.2, -0.15) is 0 Å². The number of carbonyl (C=O) groups excluding carboxylic acids is 1. The highest BCUT2D eigenvalue weighted by molar-refractivity contribution is 7.92. The summed E-state index contributed by atoms with van der Waals surface area (Å²) < 4.78 is 33.6. The van der Waals surface area contributed by atoms with E-state index in [1.807, 2.05) is 24.3 Å². The van der Waals surface area contributed by atoms with Gasteiger partial charge in [-0.1, -0.05) is 53.5 Å². The smallest absolute Gasteiger partial charge is 0.264 e. The van der Waals surface area contributed by atoms with Crippen molar-refractivity contribution < 1.29 is 17.9 Å². The van der Waals surface area contributed by atoms with E-state index in [0.29, 0.717) is 31.2 Å². The molecule has 1 amide bonds. The standard InChI is InChI=1S/C25H25Cl2N3O4S/c1-34-24-10-6-5-9-23(24)28-13-15-29(16-14-28)25(31)18-30(19-11-12-21(26)22(27)17-19)35(32,33)20-7-3-2-4-8-20/h2-12,17H,13-16,18H2,1H3. The number of halogens is 2. The molecule has 35 heavy (non-hydrogen) atoms. The number of amides is 1. The van der Waals surface area contributed by atoms with Gasteiger partial charge in [0.1, 0.15) is 12.3 Å². The number of piperazine rings is 1. The zero-order chi connectivity index (χ0) is 25.0. The van der Waals surface area contributed by atoms with Gasteiger partial charge in [-0.05, 0) is 42.5 Å². The van der Waals surface area contributed by atoms with Crippen LogP contribution in [0.25, 0.3) is 0 Å². The van der Waals surface area contributed by atoms with Crippen molar-refractivity contribution in [1.82, 2.24) is 4.90 Å². The molecule has 1 saturated heterocycles. The predicted molar refractivity (Wildman–Crippen MR) is 139 cm³/mol. The number of anilines is 2. The minimum atomic E-state index is -4.02. The quantitative estimate of drug-likeness (QED) is 0.445. The summed E-state index contributed by atoms with van der Waals surface area (Å²) in [5.74, 6) is 0.474. The van der Waals surface area contributed by atoms with Gasteiger partial charge < -0.3 is 14.5 Å². The summed E-state index contributed by atoms with van der Waals surface area (Å²) >= 11 is 12.2. The van der Waals surface area contributed by atoms with Gasteiger partial charge in [-0.3, -0.25) is 9.10 Å². The molecule has 7 nitrogen and oxygen atoms in total. The van der Waals surface area contributed by atoms with Crippen LogP contribution >= 0.6 is 23.2 Å². The van der Waals surface area contributed by atoms with Gasteiger partial charge >= 0.3 is 0 Å². The molecule has 0 bridgehead atoms. The van der Waals surface area contributed by atoms with Gasteiger partial charge in [-0.15, -0.1) is 0 Å². The Kier molecular flexibility index (Phi) is 7.74. The highest BCUT2D eigenvalue weighted by Crippen LogP contribution is 2.31. The summed E-state index contributed by atoms with van der Waals surface area (Å²) in [6.07, 6.45) is 0. The Bertz CT molecular complexity index is 1300. The van der Waals surface area contributed by atoms with Gasteiger partial charge in [0.2, 0.25) is 5.91 Å². The van der Waals surface area contributed by atoms with Crippen molar-refractivity contribution in [3.63, 3.8) is 0 Å². The zero-order valence-electron chi connectivity index (χ0n) is 19.1. The van der Waals surface area contributed by atoms with Crippen molar-refractivity contribution >= 4 is 50.5 Å². The Hall–Kier alpha value is -2.94. The molecule has 0 unspecified atom stereocenters. The fourth-order valence-electron chi connectivity index (χ4n) is 3.99. The molecule has 0 aliphatic carbocycles. The van der Waals surface area contributed by atoms with E-state index in [-0.39, 0.29) is 28.1 Å². The summed E-state index contributed by atoms with van der Waals surface area (Å²) in [6.45, 7) is 1.76. The first kappa shape index (κ1) is 25.2. The Morgan fingerprint density at radius 1 is 0.914 bits per heavy atom. The number of sulfonamides is 1. The van der Waals surface area contributed by atoms with Crippen LogP contribution in [0.4, 0.5) is 11.4 Å². The highest BCUT2D eigenvalue weighted by atomic mass is 35.5. The number of hydrogen-bond acceptors (Lipinski definition) is 5. The zero-order valence-corrected chi connectivity index (χ0v) is 21.4. The number of nitrogens with zero attached hydrogens (tertiary/aromatic N) is 3. The molecule has 184 valence electrons. The molecule has 1 fully saturated rings. The lowest BCUT2D eigenvalue weighted by Gasteiger charge is -2.37. The molecular formula is C25H25Cl2N3O4S. The van der Waals surface area contributed by atoms with Crippen LogP contribution in [0.3, 0.4) is 0 Å². The van der Waals surface area contributed by atoms with E-state index in [2.05, 4.69) is 4.90 Å². The normalized spacial score (nSPS) is 14.0. The molecule has 3 aromatic rings. The molecule has 0 N–H and O–H groups in total. The molecule has 0 aromatic heterocycles. The summed E-state index contributed by atoms with van der Waals surface area (Å²) in [5, 5.41) is 0.501. The molecule has 1 heterocycles. The topological polar surface area (TPSA) is 70.2 Å². The maximum absolute atomic E-state index is 13.5. The maximum atomic E-state index is 13.5. The lowest BCUT2D eigenvalue weighted by molar-refractivity contribution is -0.129. The second kappa shape index (κ2) is 10.8. The second-order valence-corrected chi connectivity index (χ2v) is 10.6. The van der Waals surface area contributed by atoms with Crippen molar-refractivity contribution in [2.75, 3.05) is 49.0 Å². The molecule has 10 heteroatoms. The molecule has 1 aliphatic rings. The van der Waals surface area contributed by atoms with Crippen LogP contribution in [0.1, 0.15) is 0 Å². The van der Waals surface area contributed by atoms with E-state index in [1.165, 1.54) is 24.3 Å². The lowest BCUT2D eigenvalue weighted by Crippen LogP contribution is -2.52. The Labute approximate surface area is 215 Å². The lowest BCUT2D eigenvalue weighted by atomic mass is 10.2. The van der Waals surface area contributed by atoms with Crippen molar-refractivity contribution in [2.45, 2.75) is 4.90 Å². The fraction of sp³-hybridized carbons (Fsp3) is 0.240. The van der Waals surface area contributed by atoms with Gasteiger partial charge in [0, 0.05) is 26.2 Å². The third-order valence-corrected chi connectivity index (χ3v) is 8.39. The number of ether oxygens (including phenoxy) is 1. The minimum Gasteiger partial charge on any atom is -0.495 e. The van der Waals surface area contributed by atoms with Gasteiger partial charge in [0.05, 0.1) is 33.4 Å². The van der Waals surface area contributed by atoms with E-state index < -0.39 is 10.0 Å². The second-order valence-electron chi connectivity index (χ2n) is 7.96. The van der Waals surface area contributed by atoms with Crippen LogP contribution in [-0.4, -0.2) is 59.1 Å². The number of carbonyl (C=O) groups is 1. The Morgan fingerprint density at radius 2 is 1.57 bits per heavy atom. The van der Waals surface area contributed by atoms with E-state index in [4.69, 9.17) is 27.9 Å². The highest BCUT2D eigenvalue weighted by Gasteiger charge is 2.31. The number of hydrogen-bond donors (Lipinski definition) is 0. The SMILES string of the molecule is COc1ccccc1N1CCN(C(=O)CN(c2ccc(Cl)c(Cl)c2)S(=O)(=O)c2ccccc2)CC1. The van der Waals surface area contributed by atoms with Gasteiger partial charge in [-0.25, -0.2) is 8.42 Å². The monoisotopic (exact) mass is 533 g/mol. The summed E-state index contributed by atoms with van der Waals surface area (Å²) in [5.41, 5.74) is 1.23. The summed E-state index contributed by atoms with van der Waals surface area (Å²) in [4.78, 5) is 17.2. The molecule has 0 radical (unpaired) electrons. The average molecular weight is 534 g/mol. The molecule has 1 aliphatic heterocycles. The van der Waals surface area contributed by atoms with E-state index in [9.17, 15) is 13.2 Å². The van der Waals surface area contributed by atoms with Crippen LogP contribution < -0.4 is 13.9 Å². The molecule has 0 spiro atoms. The van der Waals surface area contributed by atoms with Crippen molar-refractivity contribution in [3.05, 3.63) is 82.8 Å². The Balaban J connectivity index is 1.55. The summed E-state index contributed by atoms with van der Waals surface area (Å²) in [6, 6.07) is 20.2. The summed E-state index contributed by atoms with van der Waals surface area (Å²) in [7, 11) is -2.39. The molecular weight excluding hydrogens is 509 g/mol. The number of methoxy groups -OCH3 is 1. The fourth-order valence-corrected chi connectivity index (χ4v) is 5.70. The largest absolute Gasteiger partial charge is 0.495 e. The van der Waals surface area contributed by atoms with Crippen LogP contribution in [0, 0.1) is 0 Å². The first-order valence-corrected chi connectivity index (χ1v) is 13.2. The number of benzene rings is 3. The Morgan fingerprint density at radius 3 is 2.23 bits per heavy atom. The van der Waals surface area contributed by atoms with Gasteiger partial charge in [0.25, 0.3) is 10.0 Å². The van der Waals surface area contributed by atoms with E-state index >= 15 is 0 Å². The molecule has 4 rings (SSSR count). The van der Waals surface area contributed by atoms with Crippen molar-refractivity contribution in [2.24, 2.45) is 0 Å². The van der Waals surface area contributed by atoms with E-state index in [1.54, 1.807) is 36.3 Å². The van der Waals surface area contributed by atoms with Crippen LogP contribution in [0.5, 0.6) is 5.75 Å². The molecule has 0 atom stereocenters. The number of rotatable bonds is 7. The molecule has 0 saturated carbocycles. The minimum absolute atomic E-state index is 0.0832. The maximum Gasteiger partial charge on any atom is 0.264 e. The first-order valence-electron chi connectivity index (χ1n) is 11.0. The predicted octanol–water partition coefficient (Wildman–Crippen LogP) is 4.55. The van der Waals surface area contributed by atoms with Crippen LogP contribution in [-0.2, 0) is 14.8 Å². The van der Waals surface area contributed by atoms with E-state index in [0.717, 1.165) is 15.7 Å². The average Bonchev–Trinajstić information content (AvgIpc) is 2.89. The van der Waals surface area contributed by atoms with Gasteiger partial charge in [0.15, 0.2) is 0 Å². The third-order valence-electron chi connectivity index (χ3n) is 5.86. The third kappa shape index (κ3) is 5.50. The van der Waals surface area contributed by atoms with Crippen molar-refractivity contribution in [1.29, 1.82) is 0 Å². The number of para-hydroxylation sites is 2. The van der Waals surface area contributed by atoms with Crippen LogP contribution in [0.2, 0.25) is 10.0 Å². The molecule has 3 aromatic carbocycles. The first-order chi connectivity index (χ1) is 16.8. The van der Waals surface area contributed by atoms with Crippen LogP contribution in [0.15, 0.2) is 77.7 Å². The van der Waals surface area contributed by atoms with Crippen molar-refractivity contribution in [3.8, 4) is 5.75 Å².